The van der Waals surface area contributed by atoms with Crippen molar-refractivity contribution in [2.45, 2.75) is 45.6 Å². The lowest BCUT2D eigenvalue weighted by molar-refractivity contribution is -0.116. The number of anilines is 1. The SMILES string of the molecule is Cc1cc(COc2ccccc2Br)c(C)c(C2C(C#N)=C(N)N(c3ccc(F)cc3)C3=C2C(=O)CCC3)c1. The van der Waals surface area contributed by atoms with Crippen LogP contribution in [0.5, 0.6) is 5.75 Å². The molecule has 3 aromatic rings. The number of hydrogen-bond donors (Lipinski definition) is 1. The molecule has 38 heavy (non-hydrogen) atoms. The highest BCUT2D eigenvalue weighted by Crippen LogP contribution is 2.47. The predicted molar refractivity (Wildman–Crippen MR) is 149 cm³/mol. The lowest BCUT2D eigenvalue weighted by Crippen LogP contribution is -2.39. The van der Waals surface area contributed by atoms with E-state index in [4.69, 9.17) is 10.5 Å². The molecule has 0 radical (unpaired) electrons. The number of ether oxygens (including phenoxy) is 1. The Balaban J connectivity index is 1.64. The van der Waals surface area contributed by atoms with Gasteiger partial charge < -0.3 is 10.5 Å². The zero-order valence-corrected chi connectivity index (χ0v) is 22.8. The molecule has 0 spiro atoms. The second-order valence-electron chi connectivity index (χ2n) is 9.65. The van der Waals surface area contributed by atoms with Crippen LogP contribution < -0.4 is 15.4 Å². The van der Waals surface area contributed by atoms with Crippen LogP contribution in [-0.4, -0.2) is 5.78 Å². The maximum absolute atomic E-state index is 13.7. The van der Waals surface area contributed by atoms with Crippen LogP contribution in [0.2, 0.25) is 0 Å². The lowest BCUT2D eigenvalue weighted by Gasteiger charge is -2.40. The van der Waals surface area contributed by atoms with E-state index in [9.17, 15) is 14.4 Å². The number of para-hydroxylation sites is 1. The van der Waals surface area contributed by atoms with E-state index < -0.39 is 5.92 Å². The summed E-state index contributed by atoms with van der Waals surface area (Å²) in [5.41, 5.74) is 12.8. The predicted octanol–water partition coefficient (Wildman–Crippen LogP) is 7.09. The molecule has 2 aliphatic rings. The average molecular weight is 572 g/mol. The summed E-state index contributed by atoms with van der Waals surface area (Å²) < 4.78 is 20.7. The molecular formula is C31H27BrFN3O2. The van der Waals surface area contributed by atoms with Crippen molar-refractivity contribution >= 4 is 27.4 Å². The average Bonchev–Trinajstić information content (AvgIpc) is 2.90. The standard InChI is InChI=1S/C31H27BrFN3O2/c1-18-14-20(17-38-28-9-4-3-6-25(28)32)19(2)23(15-18)29-24(16-34)31(35)36(22-12-10-21(33)11-13-22)26-7-5-8-27(37)30(26)29/h3-4,6,9-15,29H,5,7-8,17,35H2,1-2H3. The minimum absolute atomic E-state index is 0.00975. The van der Waals surface area contributed by atoms with Gasteiger partial charge in [-0.05, 0) is 95.7 Å². The third-order valence-electron chi connectivity index (χ3n) is 7.23. The van der Waals surface area contributed by atoms with Gasteiger partial charge in [0, 0.05) is 23.4 Å². The molecule has 1 unspecified atom stereocenters. The molecule has 0 fully saturated rings. The quantitative estimate of drug-likeness (QED) is 0.353. The van der Waals surface area contributed by atoms with E-state index in [0.29, 0.717) is 42.7 Å². The molecule has 7 heteroatoms. The summed E-state index contributed by atoms with van der Waals surface area (Å²) in [5.74, 6) is 0.0618. The molecule has 0 saturated heterocycles. The first kappa shape index (κ1) is 25.7. The highest BCUT2D eigenvalue weighted by molar-refractivity contribution is 9.10. The highest BCUT2D eigenvalue weighted by Gasteiger charge is 2.41. The number of nitrogens with two attached hydrogens (primary N) is 1. The molecule has 1 atom stereocenters. The fourth-order valence-electron chi connectivity index (χ4n) is 5.41. The zero-order chi connectivity index (χ0) is 27.0. The normalized spacial score (nSPS) is 17.4. The van der Waals surface area contributed by atoms with Gasteiger partial charge in [-0.2, -0.15) is 5.26 Å². The van der Waals surface area contributed by atoms with Crippen LogP contribution in [0.1, 0.15) is 47.4 Å². The summed E-state index contributed by atoms with van der Waals surface area (Å²) in [5, 5.41) is 10.4. The van der Waals surface area contributed by atoms with Crippen LogP contribution in [0.3, 0.4) is 0 Å². The van der Waals surface area contributed by atoms with Crippen molar-refractivity contribution in [2.75, 3.05) is 4.90 Å². The molecule has 1 aliphatic carbocycles. The molecule has 0 amide bonds. The smallest absolute Gasteiger partial charge is 0.161 e. The van der Waals surface area contributed by atoms with Gasteiger partial charge in [0.05, 0.1) is 22.0 Å². The summed E-state index contributed by atoms with van der Waals surface area (Å²) in [4.78, 5) is 15.2. The number of nitrogens with zero attached hydrogens (tertiary/aromatic N) is 2. The molecule has 0 aromatic heterocycles. The van der Waals surface area contributed by atoms with Gasteiger partial charge in [-0.3, -0.25) is 9.69 Å². The summed E-state index contributed by atoms with van der Waals surface area (Å²) >= 11 is 3.53. The summed E-state index contributed by atoms with van der Waals surface area (Å²) in [6.45, 7) is 4.33. The Kier molecular flexibility index (Phi) is 7.09. The second-order valence-corrected chi connectivity index (χ2v) is 10.5. The molecule has 5 nitrogen and oxygen atoms in total. The maximum atomic E-state index is 13.7. The number of carbonyl (C=O) groups excluding carboxylic acids is 1. The Bertz CT molecular complexity index is 1540. The number of rotatable bonds is 5. The summed E-state index contributed by atoms with van der Waals surface area (Å²) in [6, 6.07) is 20.0. The fourth-order valence-corrected chi connectivity index (χ4v) is 5.81. The number of benzene rings is 3. The van der Waals surface area contributed by atoms with Gasteiger partial charge in [0.15, 0.2) is 5.78 Å². The Morgan fingerprint density at radius 3 is 2.58 bits per heavy atom. The van der Waals surface area contributed by atoms with Crippen molar-refractivity contribution < 1.29 is 13.9 Å². The molecule has 1 heterocycles. The molecule has 192 valence electrons. The van der Waals surface area contributed by atoms with Crippen LogP contribution >= 0.6 is 15.9 Å². The van der Waals surface area contributed by atoms with E-state index in [1.807, 2.05) is 44.2 Å². The molecule has 1 aliphatic heterocycles. The van der Waals surface area contributed by atoms with Crippen molar-refractivity contribution in [2.24, 2.45) is 5.73 Å². The largest absolute Gasteiger partial charge is 0.488 e. The minimum Gasteiger partial charge on any atom is -0.488 e. The minimum atomic E-state index is -0.582. The van der Waals surface area contributed by atoms with Gasteiger partial charge >= 0.3 is 0 Å². The number of ketones is 1. The van der Waals surface area contributed by atoms with Crippen molar-refractivity contribution in [1.82, 2.24) is 0 Å². The maximum Gasteiger partial charge on any atom is 0.161 e. The number of nitriles is 1. The highest BCUT2D eigenvalue weighted by atomic mass is 79.9. The number of hydrogen-bond acceptors (Lipinski definition) is 5. The first-order chi connectivity index (χ1) is 18.3. The van der Waals surface area contributed by atoms with E-state index in [1.54, 1.807) is 17.0 Å². The number of allylic oxidation sites excluding steroid dienone is 3. The molecule has 3 aromatic carbocycles. The van der Waals surface area contributed by atoms with Crippen molar-refractivity contribution in [1.29, 1.82) is 5.26 Å². The molecule has 0 bridgehead atoms. The first-order valence-corrected chi connectivity index (χ1v) is 13.3. The van der Waals surface area contributed by atoms with Crippen molar-refractivity contribution in [3.05, 3.63) is 116 Å². The number of carbonyl (C=O) groups is 1. The zero-order valence-electron chi connectivity index (χ0n) is 21.2. The van der Waals surface area contributed by atoms with Gasteiger partial charge in [-0.1, -0.05) is 29.8 Å². The first-order valence-electron chi connectivity index (χ1n) is 12.5. The number of halogens is 2. The van der Waals surface area contributed by atoms with Crippen LogP contribution in [0.25, 0.3) is 0 Å². The number of Topliss-reactive ketones (excluding diaryl/α,β-unsaturated/α-hetero) is 1. The van der Waals surface area contributed by atoms with Gasteiger partial charge in [0.1, 0.15) is 24.0 Å². The number of aryl methyl sites for hydroxylation is 1. The van der Waals surface area contributed by atoms with Crippen LogP contribution in [0.15, 0.2) is 87.8 Å². The monoisotopic (exact) mass is 571 g/mol. The van der Waals surface area contributed by atoms with Gasteiger partial charge in [0.2, 0.25) is 0 Å². The summed E-state index contributed by atoms with van der Waals surface area (Å²) in [6.07, 6.45) is 1.74. The van der Waals surface area contributed by atoms with E-state index in [0.717, 1.165) is 38.2 Å². The molecule has 2 N–H and O–H groups in total. The van der Waals surface area contributed by atoms with Crippen LogP contribution in [-0.2, 0) is 11.4 Å². The van der Waals surface area contributed by atoms with Crippen molar-refractivity contribution in [3.63, 3.8) is 0 Å². The van der Waals surface area contributed by atoms with E-state index in [-0.39, 0.29) is 17.4 Å². The third kappa shape index (κ3) is 4.61. The van der Waals surface area contributed by atoms with Gasteiger partial charge in [-0.25, -0.2) is 4.39 Å². The summed E-state index contributed by atoms with van der Waals surface area (Å²) in [7, 11) is 0. The van der Waals surface area contributed by atoms with Crippen LogP contribution in [0.4, 0.5) is 10.1 Å². The second kappa shape index (κ2) is 10.5. The Hall–Kier alpha value is -3.89. The van der Waals surface area contributed by atoms with E-state index in [2.05, 4.69) is 28.1 Å². The van der Waals surface area contributed by atoms with Gasteiger partial charge in [0.25, 0.3) is 0 Å². The Morgan fingerprint density at radius 1 is 1.13 bits per heavy atom. The Morgan fingerprint density at radius 2 is 1.87 bits per heavy atom. The van der Waals surface area contributed by atoms with E-state index >= 15 is 0 Å². The molecule has 0 saturated carbocycles. The lowest BCUT2D eigenvalue weighted by atomic mass is 9.73. The molecular weight excluding hydrogens is 545 g/mol. The third-order valence-corrected chi connectivity index (χ3v) is 7.88. The Labute approximate surface area is 230 Å². The van der Waals surface area contributed by atoms with Gasteiger partial charge in [-0.15, -0.1) is 0 Å². The van der Waals surface area contributed by atoms with Crippen LogP contribution in [0, 0.1) is 31.0 Å². The fraction of sp³-hybridized carbons (Fsp3) is 0.226. The van der Waals surface area contributed by atoms with E-state index in [1.165, 1.54) is 12.1 Å². The molecule has 5 rings (SSSR count). The van der Waals surface area contributed by atoms with Crippen molar-refractivity contribution in [3.8, 4) is 11.8 Å². The topological polar surface area (TPSA) is 79.3 Å².